The van der Waals surface area contributed by atoms with Gasteiger partial charge < -0.3 is 21.5 Å². The predicted octanol–water partition coefficient (Wildman–Crippen LogP) is 0.356. The number of aliphatic hydroxyl groups excluding tert-OH is 1. The smallest absolute Gasteiger partial charge is 0.312 e. The molecule has 0 saturated heterocycles. The molecule has 0 aliphatic heterocycles. The molecule has 0 aliphatic carbocycles. The zero-order valence-electron chi connectivity index (χ0n) is 10.8. The van der Waals surface area contributed by atoms with Gasteiger partial charge >= 0.3 is 6.03 Å². The molecule has 0 aromatic heterocycles. The largest absolute Gasteiger partial charge is 0.394 e. The lowest BCUT2D eigenvalue weighted by atomic mass is 10.1. The minimum atomic E-state index is -0.587. The SMILES string of the molecule is CCC(CO)NC(=O)c1ccc(CNC(N)=O)cc1. The van der Waals surface area contributed by atoms with Crippen LogP contribution in [0, 0.1) is 0 Å². The van der Waals surface area contributed by atoms with Crippen LogP contribution in [0.2, 0.25) is 0 Å². The monoisotopic (exact) mass is 265 g/mol. The van der Waals surface area contributed by atoms with Crippen molar-refractivity contribution in [2.24, 2.45) is 5.73 Å². The Hall–Kier alpha value is -2.08. The number of rotatable bonds is 6. The molecule has 6 heteroatoms. The first-order valence-electron chi connectivity index (χ1n) is 6.10. The van der Waals surface area contributed by atoms with Gasteiger partial charge in [0.2, 0.25) is 0 Å². The van der Waals surface area contributed by atoms with E-state index in [4.69, 9.17) is 10.8 Å². The topological polar surface area (TPSA) is 104 Å². The van der Waals surface area contributed by atoms with Crippen molar-refractivity contribution in [3.63, 3.8) is 0 Å². The maximum absolute atomic E-state index is 11.8. The predicted molar refractivity (Wildman–Crippen MR) is 71.5 cm³/mol. The molecule has 0 spiro atoms. The Balaban J connectivity index is 2.60. The van der Waals surface area contributed by atoms with Crippen LogP contribution < -0.4 is 16.4 Å². The minimum Gasteiger partial charge on any atom is -0.394 e. The van der Waals surface area contributed by atoms with Gasteiger partial charge in [-0.25, -0.2) is 4.79 Å². The molecule has 0 saturated carbocycles. The minimum absolute atomic E-state index is 0.0805. The van der Waals surface area contributed by atoms with Crippen LogP contribution in [-0.2, 0) is 6.54 Å². The molecule has 1 unspecified atom stereocenters. The second-order valence-electron chi connectivity index (χ2n) is 4.18. The fraction of sp³-hybridized carbons (Fsp3) is 0.385. The highest BCUT2D eigenvalue weighted by molar-refractivity contribution is 5.94. The molecule has 1 atom stereocenters. The molecule has 104 valence electrons. The van der Waals surface area contributed by atoms with Gasteiger partial charge in [0, 0.05) is 12.1 Å². The number of aliphatic hydroxyl groups is 1. The summed E-state index contributed by atoms with van der Waals surface area (Å²) in [6.07, 6.45) is 0.669. The second-order valence-corrected chi connectivity index (χ2v) is 4.18. The standard InChI is InChI=1S/C13H19N3O3/c1-2-11(8-17)16-12(18)10-5-3-9(4-6-10)7-15-13(14)19/h3-6,11,17H,2,7-8H2,1H3,(H,16,18)(H3,14,15,19). The van der Waals surface area contributed by atoms with Gasteiger partial charge in [-0.1, -0.05) is 19.1 Å². The average molecular weight is 265 g/mol. The van der Waals surface area contributed by atoms with Gasteiger partial charge in [-0.3, -0.25) is 4.79 Å². The van der Waals surface area contributed by atoms with Crippen LogP contribution in [0.1, 0.15) is 29.3 Å². The quantitative estimate of drug-likeness (QED) is 0.596. The van der Waals surface area contributed by atoms with Gasteiger partial charge in [0.1, 0.15) is 0 Å². The molecule has 1 aromatic rings. The molecule has 0 bridgehead atoms. The van der Waals surface area contributed by atoms with Gasteiger partial charge in [-0.05, 0) is 24.1 Å². The van der Waals surface area contributed by atoms with Crippen molar-refractivity contribution in [1.82, 2.24) is 10.6 Å². The molecule has 19 heavy (non-hydrogen) atoms. The number of primary amides is 1. The highest BCUT2D eigenvalue weighted by Crippen LogP contribution is 2.05. The van der Waals surface area contributed by atoms with Crippen molar-refractivity contribution in [2.45, 2.75) is 25.9 Å². The maximum Gasteiger partial charge on any atom is 0.312 e. The summed E-state index contributed by atoms with van der Waals surface area (Å²) in [7, 11) is 0. The fourth-order valence-corrected chi connectivity index (χ4v) is 1.51. The van der Waals surface area contributed by atoms with Crippen molar-refractivity contribution in [3.8, 4) is 0 Å². The summed E-state index contributed by atoms with van der Waals surface area (Å²) in [6.45, 7) is 2.13. The third-order valence-electron chi connectivity index (χ3n) is 2.73. The van der Waals surface area contributed by atoms with E-state index in [-0.39, 0.29) is 18.6 Å². The summed E-state index contributed by atoms with van der Waals surface area (Å²) < 4.78 is 0. The number of urea groups is 1. The van der Waals surface area contributed by atoms with Gasteiger partial charge in [0.15, 0.2) is 0 Å². The van der Waals surface area contributed by atoms with Crippen LogP contribution in [0.3, 0.4) is 0 Å². The Labute approximate surface area is 112 Å². The van der Waals surface area contributed by atoms with E-state index in [0.29, 0.717) is 18.5 Å². The van der Waals surface area contributed by atoms with E-state index in [1.807, 2.05) is 6.92 Å². The summed E-state index contributed by atoms with van der Waals surface area (Å²) in [4.78, 5) is 22.4. The van der Waals surface area contributed by atoms with E-state index in [1.54, 1.807) is 24.3 Å². The lowest BCUT2D eigenvalue weighted by molar-refractivity contribution is 0.0915. The van der Waals surface area contributed by atoms with E-state index in [1.165, 1.54) is 0 Å². The van der Waals surface area contributed by atoms with Crippen LogP contribution in [0.5, 0.6) is 0 Å². The van der Waals surface area contributed by atoms with Gasteiger partial charge in [0.05, 0.1) is 12.6 Å². The molecule has 3 amide bonds. The van der Waals surface area contributed by atoms with Crippen molar-refractivity contribution < 1.29 is 14.7 Å². The van der Waals surface area contributed by atoms with E-state index in [0.717, 1.165) is 5.56 Å². The average Bonchev–Trinajstić information content (AvgIpc) is 2.42. The van der Waals surface area contributed by atoms with E-state index in [9.17, 15) is 9.59 Å². The van der Waals surface area contributed by atoms with Gasteiger partial charge in [-0.2, -0.15) is 0 Å². The van der Waals surface area contributed by atoms with Crippen LogP contribution >= 0.6 is 0 Å². The molecule has 5 N–H and O–H groups in total. The molecule has 0 heterocycles. The van der Waals surface area contributed by atoms with Crippen molar-refractivity contribution in [3.05, 3.63) is 35.4 Å². The van der Waals surface area contributed by atoms with Crippen LogP contribution in [-0.4, -0.2) is 29.7 Å². The normalized spacial score (nSPS) is 11.7. The molecular weight excluding hydrogens is 246 g/mol. The maximum atomic E-state index is 11.8. The molecule has 0 aliphatic rings. The molecule has 1 aromatic carbocycles. The number of hydrogen-bond donors (Lipinski definition) is 4. The van der Waals surface area contributed by atoms with Gasteiger partial charge in [0.25, 0.3) is 5.91 Å². The van der Waals surface area contributed by atoms with E-state index in [2.05, 4.69) is 10.6 Å². The number of carbonyl (C=O) groups is 2. The first kappa shape index (κ1) is 15.0. The van der Waals surface area contributed by atoms with Crippen LogP contribution in [0.4, 0.5) is 4.79 Å². The first-order chi connectivity index (χ1) is 9.06. The van der Waals surface area contributed by atoms with Crippen molar-refractivity contribution >= 4 is 11.9 Å². The molecule has 0 fully saturated rings. The number of nitrogens with two attached hydrogens (primary N) is 1. The van der Waals surface area contributed by atoms with Crippen molar-refractivity contribution in [2.75, 3.05) is 6.61 Å². The number of benzene rings is 1. The Morgan fingerprint density at radius 2 is 1.95 bits per heavy atom. The third-order valence-corrected chi connectivity index (χ3v) is 2.73. The Bertz CT molecular complexity index is 427. The first-order valence-corrected chi connectivity index (χ1v) is 6.10. The number of carbonyl (C=O) groups excluding carboxylic acids is 2. The van der Waals surface area contributed by atoms with Gasteiger partial charge in [-0.15, -0.1) is 0 Å². The molecular formula is C13H19N3O3. The summed E-state index contributed by atoms with van der Waals surface area (Å²) in [5.41, 5.74) is 6.33. The number of nitrogens with one attached hydrogen (secondary N) is 2. The molecule has 0 radical (unpaired) electrons. The highest BCUT2D eigenvalue weighted by atomic mass is 16.3. The lowest BCUT2D eigenvalue weighted by Gasteiger charge is -2.14. The number of amides is 3. The Morgan fingerprint density at radius 3 is 2.42 bits per heavy atom. The lowest BCUT2D eigenvalue weighted by Crippen LogP contribution is -2.36. The fourth-order valence-electron chi connectivity index (χ4n) is 1.51. The second kappa shape index (κ2) is 7.38. The Morgan fingerprint density at radius 1 is 1.32 bits per heavy atom. The third kappa shape index (κ3) is 4.97. The van der Waals surface area contributed by atoms with Crippen molar-refractivity contribution in [1.29, 1.82) is 0 Å². The van der Waals surface area contributed by atoms with Crippen LogP contribution in [0.25, 0.3) is 0 Å². The summed E-state index contributed by atoms with van der Waals surface area (Å²) in [6, 6.07) is 5.99. The molecule has 1 rings (SSSR count). The zero-order chi connectivity index (χ0) is 14.3. The van der Waals surface area contributed by atoms with Crippen LogP contribution in [0.15, 0.2) is 24.3 Å². The Kier molecular flexibility index (Phi) is 5.81. The molecule has 6 nitrogen and oxygen atoms in total. The van der Waals surface area contributed by atoms with E-state index < -0.39 is 6.03 Å². The van der Waals surface area contributed by atoms with E-state index >= 15 is 0 Å². The summed E-state index contributed by atoms with van der Waals surface area (Å²) in [5.74, 6) is -0.227. The summed E-state index contributed by atoms with van der Waals surface area (Å²) >= 11 is 0. The highest BCUT2D eigenvalue weighted by Gasteiger charge is 2.10. The summed E-state index contributed by atoms with van der Waals surface area (Å²) in [5, 5.41) is 14.2. The zero-order valence-corrected chi connectivity index (χ0v) is 10.8. The number of hydrogen-bond acceptors (Lipinski definition) is 3.